The average molecular weight is 403 g/mol. The van der Waals surface area contributed by atoms with Gasteiger partial charge in [0, 0.05) is 30.6 Å². The third-order valence-electron chi connectivity index (χ3n) is 6.24. The highest BCUT2D eigenvalue weighted by atomic mass is 19.1. The lowest BCUT2D eigenvalue weighted by atomic mass is 9.68. The number of fused-ring (bicyclic) bond motifs is 2. The SMILES string of the molecule is Cc1cc(N2CC[C@@]3(C(=O)O)CCCN(C)[C@@H]3C2)nc2cc(F)ccc12.O=CO. The summed E-state index contributed by atoms with van der Waals surface area (Å²) in [5, 5.41) is 17.7. The van der Waals surface area contributed by atoms with Gasteiger partial charge in [-0.1, -0.05) is 0 Å². The maximum Gasteiger partial charge on any atom is 0.311 e. The molecular weight excluding hydrogens is 377 g/mol. The Labute approximate surface area is 168 Å². The highest BCUT2D eigenvalue weighted by Gasteiger charge is 2.52. The predicted octanol–water partition coefficient (Wildman–Crippen LogP) is 2.76. The van der Waals surface area contributed by atoms with Gasteiger partial charge in [-0.3, -0.25) is 9.59 Å². The molecule has 2 N–H and O–H groups in total. The quantitative estimate of drug-likeness (QED) is 0.745. The molecule has 2 aromatic rings. The molecule has 0 saturated carbocycles. The lowest BCUT2D eigenvalue weighted by Crippen LogP contribution is -2.63. The molecule has 0 amide bonds. The first-order chi connectivity index (χ1) is 13.8. The minimum Gasteiger partial charge on any atom is -0.483 e. The zero-order chi connectivity index (χ0) is 21.2. The van der Waals surface area contributed by atoms with Crippen molar-refractivity contribution < 1.29 is 24.2 Å². The summed E-state index contributed by atoms with van der Waals surface area (Å²) in [6, 6.07) is 6.67. The van der Waals surface area contributed by atoms with Crippen LogP contribution in [-0.2, 0) is 9.59 Å². The summed E-state index contributed by atoms with van der Waals surface area (Å²) < 4.78 is 13.6. The molecule has 2 aliphatic rings. The number of pyridine rings is 1. The van der Waals surface area contributed by atoms with E-state index in [1.165, 1.54) is 12.1 Å². The van der Waals surface area contributed by atoms with E-state index >= 15 is 0 Å². The highest BCUT2D eigenvalue weighted by molar-refractivity contribution is 5.84. The maximum absolute atomic E-state index is 13.6. The molecule has 0 aliphatic carbocycles. The van der Waals surface area contributed by atoms with E-state index in [0.717, 1.165) is 36.2 Å². The van der Waals surface area contributed by atoms with E-state index in [1.807, 2.05) is 20.0 Å². The zero-order valence-electron chi connectivity index (χ0n) is 16.6. The number of halogens is 1. The molecule has 1 aromatic heterocycles. The number of carboxylic acid groups (broad SMARTS) is 2. The van der Waals surface area contributed by atoms with Crippen LogP contribution in [-0.4, -0.2) is 65.3 Å². The van der Waals surface area contributed by atoms with Crippen molar-refractivity contribution in [1.29, 1.82) is 0 Å². The van der Waals surface area contributed by atoms with Crippen LogP contribution in [0.25, 0.3) is 10.9 Å². The largest absolute Gasteiger partial charge is 0.483 e. The number of hydrogen-bond acceptors (Lipinski definition) is 5. The van der Waals surface area contributed by atoms with E-state index in [0.29, 0.717) is 25.0 Å². The van der Waals surface area contributed by atoms with E-state index in [1.54, 1.807) is 6.07 Å². The predicted molar refractivity (Wildman–Crippen MR) is 108 cm³/mol. The number of hydrogen-bond donors (Lipinski definition) is 2. The minimum absolute atomic E-state index is 0.0344. The summed E-state index contributed by atoms with van der Waals surface area (Å²) in [5.41, 5.74) is 1.03. The number of anilines is 1. The molecule has 4 rings (SSSR count). The number of aliphatic carboxylic acids is 1. The first kappa shape index (κ1) is 21.0. The van der Waals surface area contributed by atoms with Gasteiger partial charge in [0.15, 0.2) is 0 Å². The van der Waals surface area contributed by atoms with E-state index in [9.17, 15) is 14.3 Å². The van der Waals surface area contributed by atoms with Crippen LogP contribution < -0.4 is 4.90 Å². The van der Waals surface area contributed by atoms with Crippen molar-refractivity contribution >= 4 is 29.2 Å². The van der Waals surface area contributed by atoms with Crippen molar-refractivity contribution in [2.24, 2.45) is 5.41 Å². The van der Waals surface area contributed by atoms with Gasteiger partial charge in [0.1, 0.15) is 11.6 Å². The average Bonchev–Trinajstić information content (AvgIpc) is 2.68. The van der Waals surface area contributed by atoms with Gasteiger partial charge in [-0.2, -0.15) is 0 Å². The second kappa shape index (κ2) is 8.32. The van der Waals surface area contributed by atoms with Gasteiger partial charge in [0.25, 0.3) is 6.47 Å². The molecule has 0 bridgehead atoms. The van der Waals surface area contributed by atoms with Gasteiger partial charge in [-0.15, -0.1) is 0 Å². The van der Waals surface area contributed by atoms with E-state index in [2.05, 4.69) is 14.8 Å². The number of aromatic nitrogens is 1. The molecular formula is C21H26FN3O4. The molecule has 3 heterocycles. The van der Waals surface area contributed by atoms with E-state index < -0.39 is 11.4 Å². The van der Waals surface area contributed by atoms with Crippen molar-refractivity contribution in [3.05, 3.63) is 35.6 Å². The Morgan fingerprint density at radius 1 is 1.31 bits per heavy atom. The maximum atomic E-state index is 13.6. The minimum atomic E-state index is -0.682. The molecule has 8 heteroatoms. The van der Waals surface area contributed by atoms with Crippen LogP contribution >= 0.6 is 0 Å². The number of piperidine rings is 2. The third kappa shape index (κ3) is 3.89. The first-order valence-electron chi connectivity index (χ1n) is 9.65. The normalized spacial score (nSPS) is 24.4. The van der Waals surface area contributed by atoms with Gasteiger partial charge in [0.05, 0.1) is 10.9 Å². The summed E-state index contributed by atoms with van der Waals surface area (Å²) in [6.07, 6.45) is 2.27. The van der Waals surface area contributed by atoms with Crippen molar-refractivity contribution in [1.82, 2.24) is 9.88 Å². The smallest absolute Gasteiger partial charge is 0.311 e. The molecule has 2 saturated heterocycles. The van der Waals surface area contributed by atoms with Crippen LogP contribution in [0.5, 0.6) is 0 Å². The van der Waals surface area contributed by atoms with Gasteiger partial charge in [-0.05, 0) is 63.5 Å². The summed E-state index contributed by atoms with van der Waals surface area (Å²) in [7, 11) is 2.01. The number of likely N-dealkylation sites (tertiary alicyclic amines) is 1. The highest BCUT2D eigenvalue weighted by Crippen LogP contribution is 2.43. The molecule has 2 aliphatic heterocycles. The van der Waals surface area contributed by atoms with Crippen molar-refractivity contribution in [3.8, 4) is 0 Å². The lowest BCUT2D eigenvalue weighted by Gasteiger charge is -2.52. The second-order valence-electron chi connectivity index (χ2n) is 7.82. The van der Waals surface area contributed by atoms with Crippen LogP contribution in [0, 0.1) is 18.2 Å². The standard InChI is InChI=1S/C20H24FN3O2.CH2O2/c1-13-10-18(22-16-11-14(21)4-5-15(13)16)24-9-7-20(19(25)26)6-3-8-23(2)17(20)12-24;2-1-3/h4-5,10-11,17H,3,6-9,12H2,1-2H3,(H,25,26);1H,(H,2,3)/t17-,20+;/m1./s1. The Morgan fingerprint density at radius 3 is 2.72 bits per heavy atom. The summed E-state index contributed by atoms with van der Waals surface area (Å²) in [4.78, 5) is 29.4. The number of carbonyl (C=O) groups is 2. The first-order valence-corrected chi connectivity index (χ1v) is 9.65. The van der Waals surface area contributed by atoms with Crippen LogP contribution in [0.1, 0.15) is 24.8 Å². The Bertz CT molecular complexity index is 922. The molecule has 7 nitrogen and oxygen atoms in total. The fraction of sp³-hybridized carbons (Fsp3) is 0.476. The van der Waals surface area contributed by atoms with E-state index in [4.69, 9.17) is 9.90 Å². The molecule has 2 atom stereocenters. The van der Waals surface area contributed by atoms with Crippen molar-refractivity contribution in [3.63, 3.8) is 0 Å². The number of carboxylic acids is 1. The fourth-order valence-electron chi connectivity index (χ4n) is 4.71. The van der Waals surface area contributed by atoms with Crippen LogP contribution in [0.4, 0.5) is 10.2 Å². The molecule has 0 spiro atoms. The summed E-state index contributed by atoms with van der Waals surface area (Å²) in [5.74, 6) is -0.172. The van der Waals surface area contributed by atoms with Crippen molar-refractivity contribution in [2.45, 2.75) is 32.2 Å². The summed E-state index contributed by atoms with van der Waals surface area (Å²) >= 11 is 0. The topological polar surface area (TPSA) is 94.0 Å². The Morgan fingerprint density at radius 2 is 2.03 bits per heavy atom. The lowest BCUT2D eigenvalue weighted by molar-refractivity contribution is -0.158. The molecule has 29 heavy (non-hydrogen) atoms. The van der Waals surface area contributed by atoms with Crippen LogP contribution in [0.2, 0.25) is 0 Å². The van der Waals surface area contributed by atoms with Crippen LogP contribution in [0.3, 0.4) is 0 Å². The fourth-order valence-corrected chi connectivity index (χ4v) is 4.71. The van der Waals surface area contributed by atoms with Gasteiger partial charge in [-0.25, -0.2) is 9.37 Å². The second-order valence-corrected chi connectivity index (χ2v) is 7.82. The zero-order valence-corrected chi connectivity index (χ0v) is 16.6. The number of nitrogens with zero attached hydrogens (tertiary/aromatic N) is 3. The Balaban J connectivity index is 0.000000755. The molecule has 0 radical (unpaired) electrons. The summed E-state index contributed by atoms with van der Waals surface area (Å²) in [6.45, 7) is 3.96. The molecule has 1 aromatic carbocycles. The monoisotopic (exact) mass is 403 g/mol. The molecule has 2 fully saturated rings. The van der Waals surface area contributed by atoms with Crippen molar-refractivity contribution in [2.75, 3.05) is 31.6 Å². The number of benzene rings is 1. The third-order valence-corrected chi connectivity index (χ3v) is 6.24. The van der Waals surface area contributed by atoms with Gasteiger partial charge < -0.3 is 20.0 Å². The number of rotatable bonds is 2. The van der Waals surface area contributed by atoms with Gasteiger partial charge in [0.2, 0.25) is 0 Å². The van der Waals surface area contributed by atoms with Crippen LogP contribution in [0.15, 0.2) is 24.3 Å². The molecule has 156 valence electrons. The Kier molecular flexibility index (Phi) is 6.02. The molecule has 0 unspecified atom stereocenters. The van der Waals surface area contributed by atoms with E-state index in [-0.39, 0.29) is 18.3 Å². The number of likely N-dealkylation sites (N-methyl/N-ethyl adjacent to an activating group) is 1. The Hall–Kier alpha value is -2.74. The number of aryl methyl sites for hydroxylation is 1. The van der Waals surface area contributed by atoms with Gasteiger partial charge >= 0.3 is 5.97 Å².